The summed E-state index contributed by atoms with van der Waals surface area (Å²) in [5.41, 5.74) is 0.984. The summed E-state index contributed by atoms with van der Waals surface area (Å²) in [4.78, 5) is 8.81. The van der Waals surface area contributed by atoms with Gasteiger partial charge in [0.25, 0.3) is 0 Å². The van der Waals surface area contributed by atoms with Crippen molar-refractivity contribution in [3.05, 3.63) is 11.4 Å². The zero-order valence-corrected chi connectivity index (χ0v) is 12.0. The highest BCUT2D eigenvalue weighted by molar-refractivity contribution is 5.48. The number of rotatable bonds is 6. The average molecular weight is 265 g/mol. The van der Waals surface area contributed by atoms with Gasteiger partial charge < -0.3 is 14.8 Å². The molecule has 0 amide bonds. The van der Waals surface area contributed by atoms with Gasteiger partial charge in [0.05, 0.1) is 18.8 Å². The third kappa shape index (κ3) is 3.80. The lowest BCUT2D eigenvalue weighted by molar-refractivity contribution is 0.165. The van der Waals surface area contributed by atoms with Crippen LogP contribution in [0.4, 0.5) is 5.82 Å². The van der Waals surface area contributed by atoms with Crippen LogP contribution < -0.4 is 10.1 Å². The fraction of sp³-hybridized carbons (Fsp3) is 0.714. The number of aryl methyl sites for hydroxylation is 1. The van der Waals surface area contributed by atoms with Gasteiger partial charge in [0.1, 0.15) is 11.6 Å². The van der Waals surface area contributed by atoms with E-state index in [1.54, 1.807) is 0 Å². The van der Waals surface area contributed by atoms with E-state index >= 15 is 0 Å². The lowest BCUT2D eigenvalue weighted by Crippen LogP contribution is -2.14. The molecule has 0 bridgehead atoms. The summed E-state index contributed by atoms with van der Waals surface area (Å²) in [6.07, 6.45) is 2.14. The summed E-state index contributed by atoms with van der Waals surface area (Å²) < 4.78 is 11.2. The molecule has 0 saturated carbocycles. The Morgan fingerprint density at radius 3 is 2.89 bits per heavy atom. The van der Waals surface area contributed by atoms with E-state index in [1.807, 2.05) is 13.8 Å². The second-order valence-corrected chi connectivity index (χ2v) is 5.02. The van der Waals surface area contributed by atoms with Crippen molar-refractivity contribution in [3.8, 4) is 5.88 Å². The quantitative estimate of drug-likeness (QED) is 0.855. The topological polar surface area (TPSA) is 56.3 Å². The van der Waals surface area contributed by atoms with Gasteiger partial charge in [0.15, 0.2) is 0 Å². The Morgan fingerprint density at radius 1 is 1.37 bits per heavy atom. The van der Waals surface area contributed by atoms with Gasteiger partial charge in [0, 0.05) is 19.1 Å². The van der Waals surface area contributed by atoms with Crippen LogP contribution in [0.5, 0.6) is 5.88 Å². The summed E-state index contributed by atoms with van der Waals surface area (Å²) in [6, 6.07) is 0. The summed E-state index contributed by atoms with van der Waals surface area (Å²) in [5, 5.41) is 3.32. The van der Waals surface area contributed by atoms with Crippen LogP contribution in [-0.2, 0) is 4.74 Å². The maximum Gasteiger partial charge on any atom is 0.221 e. The Balaban J connectivity index is 2.03. The largest absolute Gasteiger partial charge is 0.477 e. The molecule has 1 aromatic rings. The molecule has 1 aliphatic rings. The molecule has 1 N–H and O–H groups in total. The van der Waals surface area contributed by atoms with Gasteiger partial charge >= 0.3 is 0 Å². The predicted molar refractivity (Wildman–Crippen MR) is 74.7 cm³/mol. The highest BCUT2D eigenvalue weighted by atomic mass is 16.5. The molecule has 5 heteroatoms. The molecule has 1 saturated heterocycles. The fourth-order valence-electron chi connectivity index (χ4n) is 2.07. The molecule has 0 aromatic carbocycles. The fourth-order valence-corrected chi connectivity index (χ4v) is 2.07. The van der Waals surface area contributed by atoms with E-state index in [1.165, 1.54) is 0 Å². The molecule has 2 rings (SSSR count). The van der Waals surface area contributed by atoms with Crippen molar-refractivity contribution < 1.29 is 9.47 Å². The molecule has 1 atom stereocenters. The summed E-state index contributed by atoms with van der Waals surface area (Å²) in [5.74, 6) is 2.80. The molecule has 19 heavy (non-hydrogen) atoms. The van der Waals surface area contributed by atoms with Gasteiger partial charge in [-0.15, -0.1) is 0 Å². The molecule has 0 spiro atoms. The van der Waals surface area contributed by atoms with Gasteiger partial charge in [-0.25, -0.2) is 4.98 Å². The smallest absolute Gasteiger partial charge is 0.221 e. The van der Waals surface area contributed by atoms with Crippen LogP contribution in [-0.4, -0.2) is 36.3 Å². The minimum Gasteiger partial charge on any atom is -0.477 e. The summed E-state index contributed by atoms with van der Waals surface area (Å²) in [7, 11) is 0. The van der Waals surface area contributed by atoms with Crippen LogP contribution in [0.15, 0.2) is 0 Å². The molecular weight excluding hydrogens is 242 g/mol. The van der Waals surface area contributed by atoms with Crippen LogP contribution in [0.25, 0.3) is 0 Å². The van der Waals surface area contributed by atoms with Crippen molar-refractivity contribution in [3.63, 3.8) is 0 Å². The number of ether oxygens (including phenoxy) is 2. The standard InChI is InChI=1S/C14H23N3O2/c1-4-6-15-13-10(2)14(17-11(3)16-13)19-9-12-5-7-18-8-12/h12H,4-9H2,1-3H3,(H,15,16,17). The third-order valence-electron chi connectivity index (χ3n) is 3.24. The first-order valence-corrected chi connectivity index (χ1v) is 7.00. The maximum atomic E-state index is 5.85. The highest BCUT2D eigenvalue weighted by Crippen LogP contribution is 2.23. The van der Waals surface area contributed by atoms with E-state index in [-0.39, 0.29) is 0 Å². The lowest BCUT2D eigenvalue weighted by atomic mass is 10.1. The predicted octanol–water partition coefficient (Wildman–Crippen LogP) is 2.33. The first-order chi connectivity index (χ1) is 9.20. The Morgan fingerprint density at radius 2 is 2.21 bits per heavy atom. The lowest BCUT2D eigenvalue weighted by Gasteiger charge is -2.15. The van der Waals surface area contributed by atoms with E-state index in [0.29, 0.717) is 18.4 Å². The van der Waals surface area contributed by atoms with Crippen molar-refractivity contribution in [2.75, 3.05) is 31.7 Å². The Kier molecular flexibility index (Phi) is 4.96. The molecule has 1 fully saturated rings. The number of hydrogen-bond acceptors (Lipinski definition) is 5. The number of hydrogen-bond donors (Lipinski definition) is 1. The van der Waals surface area contributed by atoms with Crippen LogP contribution in [0, 0.1) is 19.8 Å². The molecule has 1 aromatic heterocycles. The Labute approximate surface area is 114 Å². The van der Waals surface area contributed by atoms with Gasteiger partial charge in [-0.3, -0.25) is 0 Å². The van der Waals surface area contributed by atoms with Crippen molar-refractivity contribution in [2.45, 2.75) is 33.6 Å². The van der Waals surface area contributed by atoms with Gasteiger partial charge in [-0.2, -0.15) is 4.98 Å². The molecule has 2 heterocycles. The van der Waals surface area contributed by atoms with Crippen molar-refractivity contribution >= 4 is 5.82 Å². The Hall–Kier alpha value is -1.36. The average Bonchev–Trinajstić information content (AvgIpc) is 2.91. The number of nitrogens with zero attached hydrogens (tertiary/aromatic N) is 2. The molecule has 106 valence electrons. The van der Waals surface area contributed by atoms with Crippen molar-refractivity contribution in [1.82, 2.24) is 9.97 Å². The second-order valence-electron chi connectivity index (χ2n) is 5.02. The normalized spacial score (nSPS) is 18.6. The molecule has 5 nitrogen and oxygen atoms in total. The van der Waals surface area contributed by atoms with E-state index in [0.717, 1.165) is 49.8 Å². The minimum absolute atomic E-state index is 0.488. The van der Waals surface area contributed by atoms with E-state index in [2.05, 4.69) is 22.2 Å². The van der Waals surface area contributed by atoms with Gasteiger partial charge in [0.2, 0.25) is 5.88 Å². The van der Waals surface area contributed by atoms with Gasteiger partial charge in [-0.1, -0.05) is 6.92 Å². The van der Waals surface area contributed by atoms with Crippen LogP contribution in [0.2, 0.25) is 0 Å². The zero-order chi connectivity index (χ0) is 13.7. The highest BCUT2D eigenvalue weighted by Gasteiger charge is 2.18. The molecule has 0 radical (unpaired) electrons. The first-order valence-electron chi connectivity index (χ1n) is 7.00. The van der Waals surface area contributed by atoms with Gasteiger partial charge in [-0.05, 0) is 26.7 Å². The number of nitrogens with one attached hydrogen (secondary N) is 1. The number of anilines is 1. The van der Waals surface area contributed by atoms with Crippen LogP contribution in [0.3, 0.4) is 0 Å². The van der Waals surface area contributed by atoms with Crippen molar-refractivity contribution in [2.24, 2.45) is 5.92 Å². The summed E-state index contributed by atoms with van der Waals surface area (Å²) >= 11 is 0. The van der Waals surface area contributed by atoms with E-state index in [9.17, 15) is 0 Å². The molecule has 1 unspecified atom stereocenters. The van der Waals surface area contributed by atoms with Crippen LogP contribution in [0.1, 0.15) is 31.2 Å². The zero-order valence-electron chi connectivity index (χ0n) is 12.0. The SMILES string of the molecule is CCCNc1nc(C)nc(OCC2CCOC2)c1C. The monoisotopic (exact) mass is 265 g/mol. The number of aromatic nitrogens is 2. The summed E-state index contributed by atoms with van der Waals surface area (Å²) in [6.45, 7) is 9.24. The van der Waals surface area contributed by atoms with Crippen LogP contribution >= 0.6 is 0 Å². The third-order valence-corrected chi connectivity index (χ3v) is 3.24. The minimum atomic E-state index is 0.488. The van der Waals surface area contributed by atoms with E-state index < -0.39 is 0 Å². The second kappa shape index (κ2) is 6.70. The molecule has 0 aliphatic carbocycles. The molecular formula is C14H23N3O2. The van der Waals surface area contributed by atoms with Crippen molar-refractivity contribution in [1.29, 1.82) is 0 Å². The first kappa shape index (κ1) is 14.1. The Bertz CT molecular complexity index is 417. The van der Waals surface area contributed by atoms with E-state index in [4.69, 9.17) is 9.47 Å². The molecule has 1 aliphatic heterocycles. The maximum absolute atomic E-state index is 5.85.